The van der Waals surface area contributed by atoms with E-state index in [1.165, 1.54) is 0 Å². The number of aromatic amines is 1. The summed E-state index contributed by atoms with van der Waals surface area (Å²) in [4.78, 5) is 30.4. The van der Waals surface area contributed by atoms with Crippen molar-refractivity contribution < 1.29 is 31.7 Å². The molecule has 0 saturated carbocycles. The minimum Gasteiger partial charge on any atom is -0.305 e. The smallest absolute Gasteiger partial charge is 0.305 e. The average molecular weight is 493 g/mol. The quantitative estimate of drug-likeness (QED) is 0.496. The van der Waals surface area contributed by atoms with Gasteiger partial charge in [-0.1, -0.05) is 0 Å². The van der Waals surface area contributed by atoms with Gasteiger partial charge in [-0.3, -0.25) is 14.8 Å². The topological polar surface area (TPSA) is 84.3 Å². The van der Waals surface area contributed by atoms with Crippen LogP contribution in [0.4, 0.5) is 28.2 Å². The molecular weight excluding hydrogens is 468 g/mol. The second-order valence-electron chi connectivity index (χ2n) is 9.32. The molecule has 3 aliphatic rings. The Morgan fingerprint density at radius 3 is 2.77 bits per heavy atom. The van der Waals surface area contributed by atoms with Crippen LogP contribution in [0.1, 0.15) is 53.9 Å². The van der Waals surface area contributed by atoms with Crippen molar-refractivity contribution in [3.8, 4) is 0 Å². The lowest BCUT2D eigenvalue weighted by atomic mass is 10.1. The third-order valence-corrected chi connectivity index (χ3v) is 7.13. The third-order valence-electron chi connectivity index (χ3n) is 7.13. The number of piperazine rings is 1. The number of hydrogen-bond acceptors (Lipinski definition) is 4. The van der Waals surface area contributed by atoms with Gasteiger partial charge in [-0.05, 0) is 51.4 Å². The Morgan fingerprint density at radius 2 is 2.03 bits per heavy atom. The van der Waals surface area contributed by atoms with Gasteiger partial charge in [0, 0.05) is 12.6 Å². The molecule has 5 rings (SSSR count). The third kappa shape index (κ3) is 4.09. The first-order valence-corrected chi connectivity index (χ1v) is 11.5. The van der Waals surface area contributed by atoms with Gasteiger partial charge in [0.25, 0.3) is 5.91 Å². The molecule has 35 heavy (non-hydrogen) atoms. The van der Waals surface area contributed by atoms with E-state index in [0.29, 0.717) is 47.8 Å². The summed E-state index contributed by atoms with van der Waals surface area (Å²) in [6.45, 7) is 6.44. The molecule has 0 aliphatic carbocycles. The first-order valence-electron chi connectivity index (χ1n) is 11.5. The Labute approximate surface area is 198 Å². The summed E-state index contributed by atoms with van der Waals surface area (Å²) in [5.41, 5.74) is -0.182. The zero-order valence-corrected chi connectivity index (χ0v) is 19.2. The number of carbonyl (C=O) groups is 2. The van der Waals surface area contributed by atoms with Crippen LogP contribution in [0.15, 0.2) is 18.2 Å². The number of nitrogens with one attached hydrogen (secondary N) is 2. The highest BCUT2D eigenvalue weighted by molar-refractivity contribution is 6.06. The van der Waals surface area contributed by atoms with E-state index in [-0.39, 0.29) is 24.4 Å². The molecular formula is C23H25F4N6O2+. The summed E-state index contributed by atoms with van der Waals surface area (Å²) in [5.74, 6) is -2.09. The van der Waals surface area contributed by atoms with Crippen molar-refractivity contribution >= 4 is 23.5 Å². The largest absolute Gasteiger partial charge is 0.494 e. The molecule has 0 bridgehead atoms. The van der Waals surface area contributed by atoms with E-state index < -0.39 is 29.0 Å². The van der Waals surface area contributed by atoms with Gasteiger partial charge in [0.15, 0.2) is 5.82 Å². The van der Waals surface area contributed by atoms with Gasteiger partial charge in [0.1, 0.15) is 36.4 Å². The minimum absolute atomic E-state index is 0.0461. The zero-order chi connectivity index (χ0) is 25.1. The number of benzene rings is 1. The van der Waals surface area contributed by atoms with Gasteiger partial charge >= 0.3 is 12.2 Å². The molecule has 3 aliphatic heterocycles. The van der Waals surface area contributed by atoms with Crippen LogP contribution in [-0.4, -0.2) is 73.9 Å². The molecule has 2 aromatic rings. The predicted octanol–water partition coefficient (Wildman–Crippen LogP) is 3.44. The van der Waals surface area contributed by atoms with E-state index in [0.717, 1.165) is 25.9 Å². The fourth-order valence-electron chi connectivity index (χ4n) is 5.20. The summed E-state index contributed by atoms with van der Waals surface area (Å²) in [7, 11) is 0. The van der Waals surface area contributed by atoms with Crippen molar-refractivity contribution in [2.24, 2.45) is 0 Å². The summed E-state index contributed by atoms with van der Waals surface area (Å²) in [6, 6.07) is 1.91. The summed E-state index contributed by atoms with van der Waals surface area (Å²) >= 11 is 0. The van der Waals surface area contributed by atoms with Crippen LogP contribution in [0.2, 0.25) is 0 Å². The van der Waals surface area contributed by atoms with Crippen LogP contribution < -0.4 is 5.32 Å². The van der Waals surface area contributed by atoms with Crippen LogP contribution in [0.3, 0.4) is 0 Å². The summed E-state index contributed by atoms with van der Waals surface area (Å²) < 4.78 is 54.8. The number of alkyl halides is 3. The molecule has 2 N–H and O–H groups in total. The van der Waals surface area contributed by atoms with E-state index in [9.17, 15) is 27.2 Å². The van der Waals surface area contributed by atoms with Crippen molar-refractivity contribution in [1.29, 1.82) is 0 Å². The Bertz CT molecular complexity index is 1240. The number of halogens is 4. The van der Waals surface area contributed by atoms with Crippen LogP contribution in [0, 0.1) is 5.82 Å². The standard InChI is InChI=1S/C23H24F4N6O2/c1-12-9-31-7-3-4-15(31)10-32(12)22(35)33-11-17-19(13(33)2)29-30-20(17)28-21(34)16-8-14(23(25,26)27)5-6-18(16)24/h5-6,8,12,15H,3-4,7,9-11H2,1-2H3,(H,28,34)/p+1/t12-,15-/m0/s1. The number of carbonyl (C=O) groups excluding carboxylic acids is 2. The van der Waals surface area contributed by atoms with Crippen molar-refractivity contribution in [2.75, 3.05) is 25.0 Å². The van der Waals surface area contributed by atoms with Crippen molar-refractivity contribution in [3.63, 3.8) is 0 Å². The molecule has 2 atom stereocenters. The lowest BCUT2D eigenvalue weighted by Crippen LogP contribution is -2.58. The maximum atomic E-state index is 14.2. The van der Waals surface area contributed by atoms with Crippen molar-refractivity contribution in [3.05, 3.63) is 46.4 Å². The highest BCUT2D eigenvalue weighted by atomic mass is 19.4. The van der Waals surface area contributed by atoms with Gasteiger partial charge in [-0.15, -0.1) is 0 Å². The number of rotatable bonds is 2. The second-order valence-corrected chi connectivity index (χ2v) is 9.32. The number of H-pyrrole nitrogens is 1. The molecule has 1 aromatic heterocycles. The van der Waals surface area contributed by atoms with E-state index in [1.54, 1.807) is 11.5 Å². The zero-order valence-electron chi connectivity index (χ0n) is 19.2. The van der Waals surface area contributed by atoms with E-state index in [2.05, 4.69) is 20.4 Å². The SMILES string of the molecule is CC1=[N+](C(=O)N2C[C@@H]3CCCN3C[C@@H]2C)Cc2c(NC(=O)c3cc(C(F)(F)F)ccc3F)n[nH]c21. The maximum Gasteiger partial charge on any atom is 0.494 e. The molecule has 8 nitrogen and oxygen atoms in total. The van der Waals surface area contributed by atoms with Crippen molar-refractivity contribution in [2.45, 2.75) is 51.5 Å². The number of nitrogens with zero attached hydrogens (tertiary/aromatic N) is 4. The minimum atomic E-state index is -4.72. The highest BCUT2D eigenvalue weighted by Crippen LogP contribution is 2.32. The Kier molecular flexibility index (Phi) is 5.65. The molecule has 1 aromatic carbocycles. The number of aromatic nitrogens is 2. The lowest BCUT2D eigenvalue weighted by Gasteiger charge is -2.37. The fraction of sp³-hybridized carbons (Fsp3) is 0.478. The summed E-state index contributed by atoms with van der Waals surface area (Å²) in [6.07, 6.45) is -2.53. The van der Waals surface area contributed by atoms with E-state index in [1.807, 2.05) is 11.8 Å². The predicted molar refractivity (Wildman–Crippen MR) is 118 cm³/mol. The molecule has 0 radical (unpaired) electrons. The number of amides is 3. The number of anilines is 1. The van der Waals surface area contributed by atoms with Gasteiger partial charge < -0.3 is 5.32 Å². The second kappa shape index (κ2) is 8.43. The number of fused-ring (bicyclic) bond motifs is 2. The van der Waals surface area contributed by atoms with Crippen LogP contribution in [0.25, 0.3) is 0 Å². The van der Waals surface area contributed by atoms with Gasteiger partial charge in [0.05, 0.1) is 16.7 Å². The molecule has 0 unspecified atom stereocenters. The number of hydrogen-bond donors (Lipinski definition) is 2. The average Bonchev–Trinajstić information content (AvgIpc) is 3.49. The Hall–Kier alpha value is -3.28. The molecule has 2 fully saturated rings. The highest BCUT2D eigenvalue weighted by Gasteiger charge is 2.45. The molecule has 0 spiro atoms. The molecule has 12 heteroatoms. The van der Waals surface area contributed by atoms with Crippen LogP contribution in [-0.2, 0) is 12.7 Å². The first kappa shape index (κ1) is 23.5. The van der Waals surface area contributed by atoms with Crippen LogP contribution in [0.5, 0.6) is 0 Å². The normalized spacial score (nSPS) is 22.4. The number of urea groups is 1. The van der Waals surface area contributed by atoms with E-state index >= 15 is 0 Å². The molecule has 186 valence electrons. The van der Waals surface area contributed by atoms with Crippen molar-refractivity contribution in [1.82, 2.24) is 20.0 Å². The Morgan fingerprint density at radius 1 is 1.26 bits per heavy atom. The molecule has 3 amide bonds. The lowest BCUT2D eigenvalue weighted by molar-refractivity contribution is -0.450. The van der Waals surface area contributed by atoms with Gasteiger partial charge in [0.2, 0.25) is 0 Å². The molecule has 2 saturated heterocycles. The summed E-state index contributed by atoms with van der Waals surface area (Å²) in [5, 5.41) is 9.22. The Balaban J connectivity index is 1.34. The van der Waals surface area contributed by atoms with Gasteiger partial charge in [-0.25, -0.2) is 9.29 Å². The van der Waals surface area contributed by atoms with Crippen LogP contribution >= 0.6 is 0 Å². The fourth-order valence-corrected chi connectivity index (χ4v) is 5.20. The van der Waals surface area contributed by atoms with E-state index in [4.69, 9.17) is 0 Å². The first-order chi connectivity index (χ1) is 16.5. The molecule has 4 heterocycles. The van der Waals surface area contributed by atoms with Gasteiger partial charge in [-0.2, -0.15) is 27.6 Å². The maximum absolute atomic E-state index is 14.2. The monoisotopic (exact) mass is 493 g/mol.